The SMILES string of the molecule is Cc1cc(NC(=O)C2(c3ccc4c(c3)OCCO4)CC2)cc(C)n1. The van der Waals surface area contributed by atoms with Gasteiger partial charge in [0, 0.05) is 17.1 Å². The average molecular weight is 324 g/mol. The van der Waals surface area contributed by atoms with E-state index in [4.69, 9.17) is 9.47 Å². The molecule has 2 aromatic rings. The minimum absolute atomic E-state index is 0.0316. The molecule has 1 aromatic heterocycles. The number of carbonyl (C=O) groups is 1. The summed E-state index contributed by atoms with van der Waals surface area (Å²) in [6.45, 7) is 4.97. The van der Waals surface area contributed by atoms with E-state index in [1.54, 1.807) is 0 Å². The van der Waals surface area contributed by atoms with Crippen LogP contribution in [0.4, 0.5) is 5.69 Å². The summed E-state index contributed by atoms with van der Waals surface area (Å²) < 4.78 is 11.2. The van der Waals surface area contributed by atoms with Gasteiger partial charge in [0.25, 0.3) is 0 Å². The Bertz CT molecular complexity index is 792. The third kappa shape index (κ3) is 2.60. The van der Waals surface area contributed by atoms with Crippen molar-refractivity contribution in [2.75, 3.05) is 18.5 Å². The molecule has 4 rings (SSSR count). The molecule has 1 saturated carbocycles. The fourth-order valence-electron chi connectivity index (χ4n) is 3.27. The van der Waals surface area contributed by atoms with E-state index in [2.05, 4.69) is 10.3 Å². The molecule has 0 unspecified atom stereocenters. The van der Waals surface area contributed by atoms with E-state index in [-0.39, 0.29) is 5.91 Å². The van der Waals surface area contributed by atoms with Gasteiger partial charge in [0.2, 0.25) is 5.91 Å². The van der Waals surface area contributed by atoms with Gasteiger partial charge in [0.1, 0.15) is 13.2 Å². The van der Waals surface area contributed by atoms with E-state index in [0.717, 1.165) is 47.0 Å². The predicted octanol–water partition coefficient (Wildman–Crippen LogP) is 3.14. The second-order valence-corrected chi connectivity index (χ2v) is 6.53. The van der Waals surface area contributed by atoms with Crippen LogP contribution in [0.15, 0.2) is 30.3 Å². The van der Waals surface area contributed by atoms with Crippen molar-refractivity contribution in [3.63, 3.8) is 0 Å². The second kappa shape index (κ2) is 5.51. The van der Waals surface area contributed by atoms with Crippen LogP contribution in [-0.2, 0) is 10.2 Å². The number of aromatic nitrogens is 1. The van der Waals surface area contributed by atoms with Crippen LogP contribution in [0.25, 0.3) is 0 Å². The first kappa shape index (κ1) is 15.0. The molecule has 1 aliphatic heterocycles. The van der Waals surface area contributed by atoms with Crippen molar-refractivity contribution in [2.45, 2.75) is 32.1 Å². The summed E-state index contributed by atoms with van der Waals surface area (Å²) in [5.74, 6) is 1.51. The lowest BCUT2D eigenvalue weighted by Gasteiger charge is -2.21. The van der Waals surface area contributed by atoms with Crippen LogP contribution in [0.1, 0.15) is 29.8 Å². The van der Waals surface area contributed by atoms with Gasteiger partial charge in [-0.05, 0) is 56.5 Å². The fraction of sp³-hybridized carbons (Fsp3) is 0.368. The van der Waals surface area contributed by atoms with Crippen LogP contribution >= 0.6 is 0 Å². The van der Waals surface area contributed by atoms with E-state index < -0.39 is 5.41 Å². The molecule has 0 atom stereocenters. The summed E-state index contributed by atoms with van der Waals surface area (Å²) in [5, 5.41) is 3.05. The van der Waals surface area contributed by atoms with E-state index in [1.165, 1.54) is 0 Å². The molecular formula is C19H20N2O3. The molecule has 1 aliphatic carbocycles. The molecule has 24 heavy (non-hydrogen) atoms. The summed E-state index contributed by atoms with van der Waals surface area (Å²) in [6, 6.07) is 9.61. The van der Waals surface area contributed by atoms with Crippen molar-refractivity contribution < 1.29 is 14.3 Å². The topological polar surface area (TPSA) is 60.5 Å². The third-order valence-electron chi connectivity index (χ3n) is 4.62. The molecular weight excluding hydrogens is 304 g/mol. The van der Waals surface area contributed by atoms with Gasteiger partial charge in [0.15, 0.2) is 11.5 Å². The van der Waals surface area contributed by atoms with E-state index in [9.17, 15) is 4.79 Å². The number of carbonyl (C=O) groups excluding carboxylic acids is 1. The minimum atomic E-state index is -0.457. The van der Waals surface area contributed by atoms with Crippen LogP contribution in [0.5, 0.6) is 11.5 Å². The Morgan fingerprint density at radius 3 is 2.38 bits per heavy atom. The average Bonchev–Trinajstić information content (AvgIpc) is 3.35. The minimum Gasteiger partial charge on any atom is -0.486 e. The monoisotopic (exact) mass is 324 g/mol. The highest BCUT2D eigenvalue weighted by Gasteiger charge is 2.51. The standard InChI is InChI=1S/C19H20N2O3/c1-12-9-15(10-13(2)20-12)21-18(22)19(5-6-19)14-3-4-16-17(11-14)24-8-7-23-16/h3-4,9-11H,5-8H2,1-2H3,(H,20,21,22). The van der Waals surface area contributed by atoms with Crippen molar-refractivity contribution in [1.82, 2.24) is 4.98 Å². The molecule has 1 aromatic carbocycles. The molecule has 0 bridgehead atoms. The Labute approximate surface area is 141 Å². The van der Waals surface area contributed by atoms with Crippen LogP contribution in [0.2, 0.25) is 0 Å². The number of fused-ring (bicyclic) bond motifs is 1. The maximum absolute atomic E-state index is 12.9. The van der Waals surface area contributed by atoms with Crippen LogP contribution in [0.3, 0.4) is 0 Å². The second-order valence-electron chi connectivity index (χ2n) is 6.53. The third-order valence-corrected chi connectivity index (χ3v) is 4.62. The summed E-state index contributed by atoms with van der Waals surface area (Å²) in [4.78, 5) is 17.2. The number of ether oxygens (including phenoxy) is 2. The normalized spacial score (nSPS) is 17.2. The number of aryl methyl sites for hydroxylation is 2. The van der Waals surface area contributed by atoms with Crippen molar-refractivity contribution in [3.05, 3.63) is 47.3 Å². The number of rotatable bonds is 3. The maximum atomic E-state index is 12.9. The summed E-state index contributed by atoms with van der Waals surface area (Å²) in [6.07, 6.45) is 1.70. The molecule has 0 saturated heterocycles. The molecule has 2 aliphatic rings. The summed E-state index contributed by atoms with van der Waals surface area (Å²) in [7, 11) is 0. The predicted molar refractivity (Wildman–Crippen MR) is 90.7 cm³/mol. The quantitative estimate of drug-likeness (QED) is 0.942. The van der Waals surface area contributed by atoms with Gasteiger partial charge < -0.3 is 14.8 Å². The first-order valence-electron chi connectivity index (χ1n) is 8.24. The highest BCUT2D eigenvalue weighted by molar-refractivity contribution is 6.01. The lowest BCUT2D eigenvalue weighted by molar-refractivity contribution is -0.118. The smallest absolute Gasteiger partial charge is 0.235 e. The molecule has 1 N–H and O–H groups in total. The maximum Gasteiger partial charge on any atom is 0.235 e. The van der Waals surface area contributed by atoms with Gasteiger partial charge in [-0.25, -0.2) is 0 Å². The number of hydrogen-bond donors (Lipinski definition) is 1. The Kier molecular flexibility index (Phi) is 3.44. The Balaban J connectivity index is 1.59. The number of amides is 1. The first-order valence-corrected chi connectivity index (χ1v) is 8.24. The molecule has 1 fully saturated rings. The zero-order valence-corrected chi connectivity index (χ0v) is 13.9. The molecule has 1 amide bonds. The largest absolute Gasteiger partial charge is 0.486 e. The number of nitrogens with zero attached hydrogens (tertiary/aromatic N) is 1. The number of hydrogen-bond acceptors (Lipinski definition) is 4. The molecule has 0 radical (unpaired) electrons. The van der Waals surface area contributed by atoms with Crippen molar-refractivity contribution in [2.24, 2.45) is 0 Å². The van der Waals surface area contributed by atoms with Crippen molar-refractivity contribution in [3.8, 4) is 11.5 Å². The van der Waals surface area contributed by atoms with E-state index in [0.29, 0.717) is 13.2 Å². The van der Waals surface area contributed by atoms with Gasteiger partial charge in [-0.1, -0.05) is 6.07 Å². The van der Waals surface area contributed by atoms with E-state index in [1.807, 2.05) is 44.2 Å². The van der Waals surface area contributed by atoms with Crippen LogP contribution < -0.4 is 14.8 Å². The molecule has 5 heteroatoms. The number of nitrogens with one attached hydrogen (secondary N) is 1. The van der Waals surface area contributed by atoms with Crippen molar-refractivity contribution >= 4 is 11.6 Å². The highest BCUT2D eigenvalue weighted by atomic mass is 16.6. The van der Waals surface area contributed by atoms with Gasteiger partial charge in [0.05, 0.1) is 5.41 Å². The van der Waals surface area contributed by atoms with Crippen LogP contribution in [0, 0.1) is 13.8 Å². The molecule has 2 heterocycles. The van der Waals surface area contributed by atoms with E-state index >= 15 is 0 Å². The summed E-state index contributed by atoms with van der Waals surface area (Å²) in [5.41, 5.74) is 3.13. The summed E-state index contributed by atoms with van der Waals surface area (Å²) >= 11 is 0. The lowest BCUT2D eigenvalue weighted by Crippen LogP contribution is -2.28. The Hall–Kier alpha value is -2.56. The van der Waals surface area contributed by atoms with Gasteiger partial charge in [-0.3, -0.25) is 9.78 Å². The van der Waals surface area contributed by atoms with Gasteiger partial charge in [-0.15, -0.1) is 0 Å². The zero-order chi connectivity index (χ0) is 16.7. The number of benzene rings is 1. The van der Waals surface area contributed by atoms with Gasteiger partial charge >= 0.3 is 0 Å². The first-order chi connectivity index (χ1) is 11.6. The highest BCUT2D eigenvalue weighted by Crippen LogP contribution is 2.50. The Morgan fingerprint density at radius 2 is 1.71 bits per heavy atom. The van der Waals surface area contributed by atoms with Crippen molar-refractivity contribution in [1.29, 1.82) is 0 Å². The fourth-order valence-corrected chi connectivity index (χ4v) is 3.27. The van der Waals surface area contributed by atoms with Gasteiger partial charge in [-0.2, -0.15) is 0 Å². The lowest BCUT2D eigenvalue weighted by atomic mass is 9.94. The number of pyridine rings is 1. The Morgan fingerprint density at radius 1 is 1.04 bits per heavy atom. The molecule has 0 spiro atoms. The zero-order valence-electron chi connectivity index (χ0n) is 13.9. The molecule has 124 valence electrons. The molecule has 5 nitrogen and oxygen atoms in total. The van der Waals surface area contributed by atoms with Crippen LogP contribution in [-0.4, -0.2) is 24.1 Å². The number of anilines is 1.